The Morgan fingerprint density at radius 1 is 0.923 bits per heavy atom. The first-order valence-corrected chi connectivity index (χ1v) is 13.2. The summed E-state index contributed by atoms with van der Waals surface area (Å²) in [6, 6.07) is 15.7. The number of aryl methyl sites for hydroxylation is 2. The van der Waals surface area contributed by atoms with E-state index < -0.39 is 6.04 Å². The monoisotopic (exact) mass is 527 g/mol. The number of rotatable bonds is 8. The molecule has 1 aromatic heterocycles. The molecule has 7 nitrogen and oxygen atoms in total. The second-order valence-electron chi connectivity index (χ2n) is 10.2. The molecule has 39 heavy (non-hydrogen) atoms. The van der Waals surface area contributed by atoms with E-state index in [2.05, 4.69) is 13.8 Å². The maximum Gasteiger partial charge on any atom is 0.295 e. The molecule has 1 atom stereocenters. The van der Waals surface area contributed by atoms with E-state index >= 15 is 0 Å². The minimum Gasteiger partial charge on any atom is -0.494 e. The van der Waals surface area contributed by atoms with Crippen LogP contribution in [0.2, 0.25) is 0 Å². The zero-order valence-electron chi connectivity index (χ0n) is 23.2. The summed E-state index contributed by atoms with van der Waals surface area (Å²) in [5.41, 5.74) is 3.78. The van der Waals surface area contributed by atoms with Crippen molar-refractivity contribution in [3.8, 4) is 17.2 Å². The van der Waals surface area contributed by atoms with Gasteiger partial charge in [-0.05, 0) is 91.9 Å². The van der Waals surface area contributed by atoms with Crippen LogP contribution in [0.5, 0.6) is 17.2 Å². The summed E-state index contributed by atoms with van der Waals surface area (Å²) >= 11 is 0. The van der Waals surface area contributed by atoms with Crippen molar-refractivity contribution in [1.82, 2.24) is 0 Å². The summed E-state index contributed by atoms with van der Waals surface area (Å²) in [5.74, 6) is 1.83. The molecule has 1 aliphatic rings. The molecule has 2 heterocycles. The minimum absolute atomic E-state index is 0.0498. The van der Waals surface area contributed by atoms with E-state index in [9.17, 15) is 9.59 Å². The molecule has 3 aromatic carbocycles. The number of anilines is 1. The minimum atomic E-state index is -0.722. The molecule has 1 aliphatic heterocycles. The Bertz CT molecular complexity index is 1600. The van der Waals surface area contributed by atoms with Crippen molar-refractivity contribution in [2.75, 3.05) is 25.2 Å². The van der Waals surface area contributed by atoms with Crippen molar-refractivity contribution < 1.29 is 23.4 Å². The number of methoxy groups -OCH3 is 1. The van der Waals surface area contributed by atoms with Gasteiger partial charge in [0.15, 0.2) is 16.9 Å². The van der Waals surface area contributed by atoms with Crippen LogP contribution in [0, 0.1) is 19.8 Å². The van der Waals surface area contributed by atoms with E-state index in [-0.39, 0.29) is 17.1 Å². The van der Waals surface area contributed by atoms with Crippen molar-refractivity contribution >= 4 is 22.6 Å². The molecule has 0 saturated heterocycles. The summed E-state index contributed by atoms with van der Waals surface area (Å²) in [6.45, 7) is 11.0. The molecule has 0 N–H and O–H groups in total. The molecule has 0 radical (unpaired) electrons. The van der Waals surface area contributed by atoms with Gasteiger partial charge >= 0.3 is 0 Å². The van der Waals surface area contributed by atoms with Crippen LogP contribution in [0.15, 0.2) is 63.8 Å². The molecule has 1 amide bonds. The largest absolute Gasteiger partial charge is 0.494 e. The van der Waals surface area contributed by atoms with Crippen molar-refractivity contribution in [1.29, 1.82) is 0 Å². The lowest BCUT2D eigenvalue weighted by Gasteiger charge is -2.26. The lowest BCUT2D eigenvalue weighted by atomic mass is 9.97. The van der Waals surface area contributed by atoms with Crippen LogP contribution in [0.4, 0.5) is 5.69 Å². The van der Waals surface area contributed by atoms with Crippen LogP contribution >= 0.6 is 0 Å². The highest BCUT2D eigenvalue weighted by atomic mass is 16.5. The Morgan fingerprint density at radius 3 is 2.31 bits per heavy atom. The fourth-order valence-corrected chi connectivity index (χ4v) is 4.91. The highest BCUT2D eigenvalue weighted by Gasteiger charge is 2.44. The van der Waals surface area contributed by atoms with Gasteiger partial charge in [0, 0.05) is 5.69 Å². The Balaban J connectivity index is 1.71. The van der Waals surface area contributed by atoms with Gasteiger partial charge in [0.2, 0.25) is 5.76 Å². The third-order valence-corrected chi connectivity index (χ3v) is 6.99. The first-order valence-electron chi connectivity index (χ1n) is 13.2. The van der Waals surface area contributed by atoms with Crippen molar-refractivity contribution in [3.63, 3.8) is 0 Å². The Kier molecular flexibility index (Phi) is 7.08. The van der Waals surface area contributed by atoms with Crippen molar-refractivity contribution in [3.05, 3.63) is 92.8 Å². The lowest BCUT2D eigenvalue weighted by Crippen LogP contribution is -2.29. The number of carbonyl (C=O) groups excluding carboxylic acids is 1. The highest BCUT2D eigenvalue weighted by Crippen LogP contribution is 2.43. The highest BCUT2D eigenvalue weighted by molar-refractivity contribution is 6.10. The van der Waals surface area contributed by atoms with Gasteiger partial charge in [-0.1, -0.05) is 19.9 Å². The van der Waals surface area contributed by atoms with Gasteiger partial charge in [0.05, 0.1) is 37.3 Å². The van der Waals surface area contributed by atoms with E-state index in [0.29, 0.717) is 64.2 Å². The van der Waals surface area contributed by atoms with E-state index in [4.69, 9.17) is 18.6 Å². The van der Waals surface area contributed by atoms with Gasteiger partial charge in [-0.25, -0.2) is 0 Å². The van der Waals surface area contributed by atoms with Crippen LogP contribution in [0.25, 0.3) is 11.0 Å². The van der Waals surface area contributed by atoms with E-state index in [1.165, 1.54) is 0 Å². The molecular weight excluding hydrogens is 494 g/mol. The first kappa shape index (κ1) is 26.4. The summed E-state index contributed by atoms with van der Waals surface area (Å²) < 4.78 is 23.4. The van der Waals surface area contributed by atoms with E-state index in [1.807, 2.05) is 75.4 Å². The number of fused-ring (bicyclic) bond motifs is 2. The number of hydrogen-bond acceptors (Lipinski definition) is 6. The second kappa shape index (κ2) is 10.5. The fourth-order valence-electron chi connectivity index (χ4n) is 4.91. The summed E-state index contributed by atoms with van der Waals surface area (Å²) in [4.78, 5) is 29.6. The molecular formula is C32H33NO6. The maximum atomic E-state index is 14.0. The Hall–Kier alpha value is -4.26. The molecule has 202 valence electrons. The third-order valence-electron chi connectivity index (χ3n) is 6.99. The van der Waals surface area contributed by atoms with Gasteiger partial charge in [-0.15, -0.1) is 0 Å². The zero-order valence-corrected chi connectivity index (χ0v) is 23.2. The smallest absolute Gasteiger partial charge is 0.295 e. The van der Waals surface area contributed by atoms with Crippen LogP contribution in [0.1, 0.15) is 59.6 Å². The van der Waals surface area contributed by atoms with Crippen molar-refractivity contribution in [2.45, 2.75) is 40.7 Å². The van der Waals surface area contributed by atoms with Crippen molar-refractivity contribution in [2.24, 2.45) is 5.92 Å². The Morgan fingerprint density at radius 2 is 1.64 bits per heavy atom. The fraction of sp³-hybridized carbons (Fsp3) is 0.312. The average molecular weight is 528 g/mol. The number of hydrogen-bond donors (Lipinski definition) is 0. The predicted octanol–water partition coefficient (Wildman–Crippen LogP) is 6.60. The molecule has 7 heteroatoms. The summed E-state index contributed by atoms with van der Waals surface area (Å²) in [5, 5.41) is 0.451. The molecule has 4 aromatic rings. The predicted molar refractivity (Wildman–Crippen MR) is 152 cm³/mol. The topological polar surface area (TPSA) is 78.2 Å². The van der Waals surface area contributed by atoms with Crippen LogP contribution in [-0.2, 0) is 0 Å². The number of benzene rings is 3. The van der Waals surface area contributed by atoms with Crippen LogP contribution < -0.4 is 24.5 Å². The number of nitrogens with zero attached hydrogens (tertiary/aromatic N) is 1. The molecule has 0 spiro atoms. The summed E-state index contributed by atoms with van der Waals surface area (Å²) in [6.07, 6.45) is 0. The lowest BCUT2D eigenvalue weighted by molar-refractivity contribution is 0.0971. The van der Waals surface area contributed by atoms with E-state index in [1.54, 1.807) is 12.0 Å². The van der Waals surface area contributed by atoms with Gasteiger partial charge < -0.3 is 18.6 Å². The van der Waals surface area contributed by atoms with Crippen LogP contribution in [0.3, 0.4) is 0 Å². The first-order chi connectivity index (χ1) is 18.7. The quantitative estimate of drug-likeness (QED) is 0.257. The third kappa shape index (κ3) is 4.73. The zero-order chi connectivity index (χ0) is 27.8. The van der Waals surface area contributed by atoms with Gasteiger partial charge in [-0.2, -0.15) is 0 Å². The van der Waals surface area contributed by atoms with Gasteiger partial charge in [0.25, 0.3) is 5.91 Å². The normalized spacial score (nSPS) is 14.7. The van der Waals surface area contributed by atoms with Gasteiger partial charge in [0.1, 0.15) is 11.3 Å². The average Bonchev–Trinajstić information content (AvgIpc) is 3.21. The molecule has 5 rings (SSSR count). The van der Waals surface area contributed by atoms with E-state index in [0.717, 1.165) is 11.1 Å². The summed E-state index contributed by atoms with van der Waals surface area (Å²) in [7, 11) is 1.58. The molecule has 1 unspecified atom stereocenters. The second-order valence-corrected chi connectivity index (χ2v) is 10.2. The molecule has 0 saturated carbocycles. The SMILES string of the molecule is CCOc1ccc(N2C(=O)c3oc4cc(C)c(C)cc4c(=O)c3C2c2ccc(OCC(C)C)c(OC)c2)cc1. The number of carbonyl (C=O) groups is 1. The number of amides is 1. The molecule has 0 fully saturated rings. The standard InChI is InChI=1S/C32H33NO6/c1-7-37-23-11-9-22(10-12-23)33-29(21-8-13-25(27(16-21)36-6)38-17-18(2)3)28-30(34)24-14-19(4)20(5)15-26(24)39-31(28)32(33)35/h8-16,18,29H,7,17H2,1-6H3. The maximum absolute atomic E-state index is 14.0. The molecule has 0 aliphatic carbocycles. The van der Waals surface area contributed by atoms with Gasteiger partial charge in [-0.3, -0.25) is 14.5 Å². The van der Waals surface area contributed by atoms with Crippen LogP contribution in [-0.4, -0.2) is 26.2 Å². The molecule has 0 bridgehead atoms. The number of ether oxygens (including phenoxy) is 3. The Labute approximate surface area is 227 Å².